The maximum absolute atomic E-state index is 10.5. The molecule has 1 N–H and O–H groups in total. The molecule has 31 heavy (non-hydrogen) atoms. The summed E-state index contributed by atoms with van der Waals surface area (Å²) in [5.74, 6) is 0.988. The largest absolute Gasteiger partial charge is 0.507 e. The number of phenols is 1. The number of hydrogen-bond acceptors (Lipinski definition) is 1. The molecule has 1 nitrogen and oxygen atoms in total. The Labute approximate surface area is 192 Å². The van der Waals surface area contributed by atoms with Gasteiger partial charge in [0.1, 0.15) is 5.75 Å². The molecule has 0 amide bonds. The maximum atomic E-state index is 10.5. The molecule has 0 fully saturated rings. The van der Waals surface area contributed by atoms with Crippen LogP contribution in [0.5, 0.6) is 5.75 Å². The molecule has 0 saturated carbocycles. The molecule has 1 atom stereocenters. The van der Waals surface area contributed by atoms with Crippen molar-refractivity contribution in [2.45, 2.75) is 116 Å². The second-order valence-electron chi connectivity index (χ2n) is 9.27. The molecule has 1 unspecified atom stereocenters. The van der Waals surface area contributed by atoms with Crippen molar-refractivity contribution in [2.24, 2.45) is 0 Å². The summed E-state index contributed by atoms with van der Waals surface area (Å²) in [6.07, 6.45) is 20.2. The van der Waals surface area contributed by atoms with E-state index in [9.17, 15) is 5.11 Å². The number of aromatic hydroxyl groups is 1. The zero-order valence-electron chi connectivity index (χ0n) is 20.2. The fourth-order valence-electron chi connectivity index (χ4n) is 4.77. The molecule has 2 rings (SSSR count). The van der Waals surface area contributed by atoms with Crippen molar-refractivity contribution in [3.05, 3.63) is 54.1 Å². The molecule has 1 heteroatoms. The van der Waals surface area contributed by atoms with Gasteiger partial charge in [0.15, 0.2) is 0 Å². The van der Waals surface area contributed by atoms with Gasteiger partial charge in [0.25, 0.3) is 0 Å². The van der Waals surface area contributed by atoms with Crippen LogP contribution in [0.1, 0.15) is 122 Å². The summed E-state index contributed by atoms with van der Waals surface area (Å²) in [7, 11) is 0. The minimum absolute atomic E-state index is 0.393. The Bertz CT molecular complexity index is 705. The Balaban J connectivity index is 2.02. The van der Waals surface area contributed by atoms with Crippen LogP contribution < -0.4 is 0 Å². The Morgan fingerprint density at radius 1 is 0.548 bits per heavy atom. The summed E-state index contributed by atoms with van der Waals surface area (Å²) in [6, 6.07) is 16.6. The molecular weight excluding hydrogens is 376 g/mol. The van der Waals surface area contributed by atoms with Gasteiger partial charge >= 0.3 is 0 Å². The number of benzene rings is 2. The smallest absolute Gasteiger partial charge is 0.123 e. The van der Waals surface area contributed by atoms with Gasteiger partial charge in [-0.3, -0.25) is 0 Å². The third kappa shape index (κ3) is 9.50. The van der Waals surface area contributed by atoms with E-state index in [-0.39, 0.29) is 0 Å². The Morgan fingerprint density at radius 2 is 1.00 bits per heavy atom. The first-order valence-electron chi connectivity index (χ1n) is 13.1. The standard InChI is InChI=1S/C30H46O/c1-3-5-7-9-11-13-15-21-26(20-14-12-10-8-6-4-2)27-22-16-17-23-28(27)29-24-18-19-25-30(29)31/h16-19,22-26,31H,3-15,20-21H2,1-2H3. The van der Waals surface area contributed by atoms with Crippen LogP contribution in [0.25, 0.3) is 11.1 Å². The van der Waals surface area contributed by atoms with Gasteiger partial charge < -0.3 is 5.11 Å². The number of rotatable bonds is 17. The van der Waals surface area contributed by atoms with E-state index < -0.39 is 0 Å². The molecule has 2 aromatic rings. The molecule has 0 spiro atoms. The van der Waals surface area contributed by atoms with E-state index in [4.69, 9.17) is 0 Å². The normalized spacial score (nSPS) is 12.2. The van der Waals surface area contributed by atoms with E-state index >= 15 is 0 Å². The zero-order valence-corrected chi connectivity index (χ0v) is 20.2. The fourth-order valence-corrected chi connectivity index (χ4v) is 4.77. The maximum Gasteiger partial charge on any atom is 0.123 e. The lowest BCUT2D eigenvalue weighted by molar-refractivity contribution is 0.476. The summed E-state index contributed by atoms with van der Waals surface area (Å²) >= 11 is 0. The number of para-hydroxylation sites is 1. The topological polar surface area (TPSA) is 20.2 Å². The highest BCUT2D eigenvalue weighted by Gasteiger charge is 2.17. The lowest BCUT2D eigenvalue weighted by Gasteiger charge is -2.21. The summed E-state index contributed by atoms with van der Waals surface area (Å²) in [5, 5.41) is 10.5. The number of unbranched alkanes of at least 4 members (excludes halogenated alkanes) is 11. The molecular formula is C30H46O. The van der Waals surface area contributed by atoms with E-state index in [1.807, 2.05) is 18.2 Å². The average molecular weight is 423 g/mol. The zero-order chi connectivity index (χ0) is 22.2. The van der Waals surface area contributed by atoms with Gasteiger partial charge in [-0.15, -0.1) is 0 Å². The van der Waals surface area contributed by atoms with E-state index in [0.717, 1.165) is 5.56 Å². The van der Waals surface area contributed by atoms with E-state index in [0.29, 0.717) is 11.7 Å². The molecule has 0 heterocycles. The molecule has 0 aliphatic carbocycles. The van der Waals surface area contributed by atoms with Crippen molar-refractivity contribution in [3.63, 3.8) is 0 Å². The van der Waals surface area contributed by atoms with Gasteiger partial charge in [-0.25, -0.2) is 0 Å². The van der Waals surface area contributed by atoms with E-state index in [1.165, 1.54) is 107 Å². The highest BCUT2D eigenvalue weighted by molar-refractivity contribution is 5.73. The predicted molar refractivity (Wildman–Crippen MR) is 137 cm³/mol. The molecule has 0 aromatic heterocycles. The Kier molecular flexibility index (Phi) is 13.1. The first-order chi connectivity index (χ1) is 15.3. The number of hydrogen-bond donors (Lipinski definition) is 1. The fraction of sp³-hybridized carbons (Fsp3) is 0.600. The van der Waals surface area contributed by atoms with Crippen LogP contribution in [0.4, 0.5) is 0 Å². The van der Waals surface area contributed by atoms with Gasteiger partial charge in [0.2, 0.25) is 0 Å². The highest BCUT2D eigenvalue weighted by Crippen LogP contribution is 2.38. The van der Waals surface area contributed by atoms with E-state index in [2.05, 4.69) is 44.2 Å². The van der Waals surface area contributed by atoms with Crippen LogP contribution in [0, 0.1) is 0 Å². The van der Waals surface area contributed by atoms with Crippen molar-refractivity contribution in [1.29, 1.82) is 0 Å². The Hall–Kier alpha value is -1.76. The van der Waals surface area contributed by atoms with Gasteiger partial charge in [-0.2, -0.15) is 0 Å². The Morgan fingerprint density at radius 3 is 1.55 bits per heavy atom. The van der Waals surface area contributed by atoms with Gasteiger partial charge in [-0.05, 0) is 36.0 Å². The van der Waals surface area contributed by atoms with E-state index in [1.54, 1.807) is 0 Å². The van der Waals surface area contributed by atoms with Gasteiger partial charge in [0.05, 0.1) is 0 Å². The quantitative estimate of drug-likeness (QED) is 0.251. The summed E-state index contributed by atoms with van der Waals surface area (Å²) in [5.41, 5.74) is 3.63. The molecule has 0 saturated heterocycles. The minimum Gasteiger partial charge on any atom is -0.507 e. The SMILES string of the molecule is CCCCCCCCCC(CCCCCCCC)c1ccccc1-c1ccccc1O. The van der Waals surface area contributed by atoms with Crippen LogP contribution in [0.15, 0.2) is 48.5 Å². The monoisotopic (exact) mass is 422 g/mol. The third-order valence-electron chi connectivity index (χ3n) is 6.66. The molecule has 0 bridgehead atoms. The molecule has 0 radical (unpaired) electrons. The summed E-state index contributed by atoms with van der Waals surface area (Å²) in [4.78, 5) is 0. The molecule has 2 aromatic carbocycles. The lowest BCUT2D eigenvalue weighted by atomic mass is 9.83. The van der Waals surface area contributed by atoms with Crippen LogP contribution in [-0.2, 0) is 0 Å². The van der Waals surface area contributed by atoms with Crippen molar-refractivity contribution in [3.8, 4) is 16.9 Å². The van der Waals surface area contributed by atoms with Crippen molar-refractivity contribution < 1.29 is 5.11 Å². The van der Waals surface area contributed by atoms with Gasteiger partial charge in [0, 0.05) is 5.56 Å². The van der Waals surface area contributed by atoms with Crippen LogP contribution in [0.2, 0.25) is 0 Å². The van der Waals surface area contributed by atoms with Crippen molar-refractivity contribution in [1.82, 2.24) is 0 Å². The molecule has 172 valence electrons. The van der Waals surface area contributed by atoms with Crippen molar-refractivity contribution in [2.75, 3.05) is 0 Å². The van der Waals surface area contributed by atoms with Crippen LogP contribution >= 0.6 is 0 Å². The second kappa shape index (κ2) is 16.0. The van der Waals surface area contributed by atoms with Crippen LogP contribution in [0.3, 0.4) is 0 Å². The van der Waals surface area contributed by atoms with Gasteiger partial charge in [-0.1, -0.05) is 140 Å². The van der Waals surface area contributed by atoms with Crippen molar-refractivity contribution >= 4 is 0 Å². The average Bonchev–Trinajstić information content (AvgIpc) is 2.80. The second-order valence-corrected chi connectivity index (χ2v) is 9.27. The third-order valence-corrected chi connectivity index (χ3v) is 6.66. The van der Waals surface area contributed by atoms with Crippen LogP contribution in [-0.4, -0.2) is 5.11 Å². The minimum atomic E-state index is 0.393. The summed E-state index contributed by atoms with van der Waals surface area (Å²) < 4.78 is 0. The number of phenolic OH excluding ortho intramolecular Hbond substituents is 1. The highest BCUT2D eigenvalue weighted by atomic mass is 16.3. The first kappa shape index (κ1) is 25.5. The molecule has 0 aliphatic rings. The predicted octanol–water partition coefficient (Wildman–Crippen LogP) is 10.0. The summed E-state index contributed by atoms with van der Waals surface area (Å²) in [6.45, 7) is 4.57. The first-order valence-corrected chi connectivity index (χ1v) is 13.1. The molecule has 0 aliphatic heterocycles. The lowest BCUT2D eigenvalue weighted by Crippen LogP contribution is -2.02.